The summed E-state index contributed by atoms with van der Waals surface area (Å²) in [5.74, 6) is -0.319. The van der Waals surface area contributed by atoms with E-state index in [4.69, 9.17) is 40.2 Å². The molecule has 1 saturated heterocycles. The number of amides is 1. The quantitative estimate of drug-likeness (QED) is 0.807. The summed E-state index contributed by atoms with van der Waals surface area (Å²) in [6.07, 6.45) is 0. The first-order chi connectivity index (χ1) is 9.06. The lowest BCUT2D eigenvalue weighted by Gasteiger charge is -2.28. The molecular formula is C12H12Cl2N2O2S. The van der Waals surface area contributed by atoms with Crippen LogP contribution in [0.5, 0.6) is 0 Å². The van der Waals surface area contributed by atoms with Crippen LogP contribution in [0.25, 0.3) is 0 Å². The molecule has 0 atom stereocenters. The molecule has 1 fully saturated rings. The molecule has 102 valence electrons. The Labute approximate surface area is 126 Å². The van der Waals surface area contributed by atoms with Crippen molar-refractivity contribution in [2.75, 3.05) is 26.3 Å². The predicted octanol–water partition coefficient (Wildman–Crippen LogP) is 2.34. The molecule has 1 heterocycles. The lowest BCUT2D eigenvalue weighted by Crippen LogP contribution is -2.47. The monoisotopic (exact) mass is 318 g/mol. The van der Waals surface area contributed by atoms with Crippen molar-refractivity contribution in [3.8, 4) is 0 Å². The predicted molar refractivity (Wildman–Crippen MR) is 78.9 cm³/mol. The summed E-state index contributed by atoms with van der Waals surface area (Å²) in [5, 5.41) is 3.88. The van der Waals surface area contributed by atoms with E-state index in [0.717, 1.165) is 0 Å². The largest absolute Gasteiger partial charge is 0.378 e. The number of halogens is 2. The van der Waals surface area contributed by atoms with Crippen LogP contribution < -0.4 is 5.32 Å². The van der Waals surface area contributed by atoms with E-state index in [1.165, 1.54) is 0 Å². The Morgan fingerprint density at radius 2 is 1.79 bits per heavy atom. The Hall–Kier alpha value is -0.880. The minimum atomic E-state index is -0.319. The van der Waals surface area contributed by atoms with Crippen molar-refractivity contribution < 1.29 is 9.53 Å². The number of nitrogens with one attached hydrogen (secondary N) is 1. The molecule has 0 aromatic heterocycles. The second-order valence-electron chi connectivity index (χ2n) is 4.02. The Morgan fingerprint density at radius 3 is 2.37 bits per heavy atom. The van der Waals surface area contributed by atoms with Crippen LogP contribution in [0.2, 0.25) is 10.0 Å². The van der Waals surface area contributed by atoms with Crippen LogP contribution >= 0.6 is 35.4 Å². The summed E-state index contributed by atoms with van der Waals surface area (Å²) >= 11 is 16.9. The highest BCUT2D eigenvalue weighted by Crippen LogP contribution is 2.19. The Bertz CT molecular complexity index is 484. The number of carbonyl (C=O) groups excluding carboxylic acids is 1. The number of nitrogens with zero attached hydrogens (tertiary/aromatic N) is 1. The summed E-state index contributed by atoms with van der Waals surface area (Å²) < 4.78 is 5.22. The number of ether oxygens (including phenoxy) is 1. The van der Waals surface area contributed by atoms with Gasteiger partial charge in [0.05, 0.1) is 13.2 Å². The lowest BCUT2D eigenvalue weighted by molar-refractivity contribution is 0.0669. The smallest absolute Gasteiger partial charge is 0.257 e. The van der Waals surface area contributed by atoms with Crippen LogP contribution in [-0.2, 0) is 4.74 Å². The fourth-order valence-electron chi connectivity index (χ4n) is 1.70. The zero-order valence-corrected chi connectivity index (χ0v) is 12.3. The average Bonchev–Trinajstić information content (AvgIpc) is 2.38. The zero-order valence-electron chi connectivity index (χ0n) is 9.99. The molecule has 1 aliphatic rings. The zero-order chi connectivity index (χ0) is 13.8. The minimum absolute atomic E-state index is 0.319. The number of hydrogen-bond donors (Lipinski definition) is 1. The summed E-state index contributed by atoms with van der Waals surface area (Å²) in [5.41, 5.74) is 0.383. The van der Waals surface area contributed by atoms with Crippen LogP contribution in [0.3, 0.4) is 0 Å². The molecule has 0 spiro atoms. The fourth-order valence-corrected chi connectivity index (χ4v) is 2.50. The third kappa shape index (κ3) is 4.04. The average molecular weight is 319 g/mol. The minimum Gasteiger partial charge on any atom is -0.378 e. The maximum absolute atomic E-state index is 12.0. The highest BCUT2D eigenvalue weighted by molar-refractivity contribution is 7.80. The molecule has 0 aliphatic carbocycles. The lowest BCUT2D eigenvalue weighted by atomic mass is 10.2. The van der Waals surface area contributed by atoms with Crippen molar-refractivity contribution in [3.63, 3.8) is 0 Å². The molecule has 1 amide bonds. The van der Waals surface area contributed by atoms with E-state index < -0.39 is 0 Å². The molecule has 4 nitrogen and oxygen atoms in total. The van der Waals surface area contributed by atoms with Crippen LogP contribution in [-0.4, -0.2) is 42.2 Å². The molecule has 0 radical (unpaired) electrons. The van der Waals surface area contributed by atoms with Crippen molar-refractivity contribution >= 4 is 46.4 Å². The van der Waals surface area contributed by atoms with Gasteiger partial charge in [-0.1, -0.05) is 23.2 Å². The van der Waals surface area contributed by atoms with Crippen LogP contribution in [0, 0.1) is 0 Å². The van der Waals surface area contributed by atoms with Gasteiger partial charge in [-0.25, -0.2) is 0 Å². The van der Waals surface area contributed by atoms with E-state index in [-0.39, 0.29) is 5.91 Å². The third-order valence-electron chi connectivity index (χ3n) is 2.64. The fraction of sp³-hybridized carbons (Fsp3) is 0.333. The summed E-state index contributed by atoms with van der Waals surface area (Å²) in [4.78, 5) is 13.9. The molecule has 1 aliphatic heterocycles. The van der Waals surface area contributed by atoms with Crippen LogP contribution in [0.1, 0.15) is 10.4 Å². The van der Waals surface area contributed by atoms with Gasteiger partial charge >= 0.3 is 0 Å². The van der Waals surface area contributed by atoms with Gasteiger partial charge in [-0.2, -0.15) is 0 Å². The first-order valence-corrected chi connectivity index (χ1v) is 6.87. The Balaban J connectivity index is 2.01. The number of hydrogen-bond acceptors (Lipinski definition) is 3. The standard InChI is InChI=1S/C12H12Cl2N2O2S/c13-9-5-8(6-10(14)7-9)11(17)15-12(19)16-1-3-18-4-2-16/h5-7H,1-4H2,(H,15,17,19). The van der Waals surface area contributed by atoms with Crippen molar-refractivity contribution in [2.24, 2.45) is 0 Å². The first-order valence-electron chi connectivity index (χ1n) is 5.70. The van der Waals surface area contributed by atoms with E-state index in [0.29, 0.717) is 47.0 Å². The molecule has 2 rings (SSSR count). The molecule has 1 N–H and O–H groups in total. The van der Waals surface area contributed by atoms with Crippen molar-refractivity contribution in [1.82, 2.24) is 10.2 Å². The van der Waals surface area contributed by atoms with Gasteiger partial charge < -0.3 is 9.64 Å². The number of rotatable bonds is 1. The van der Waals surface area contributed by atoms with E-state index >= 15 is 0 Å². The molecule has 0 saturated carbocycles. The van der Waals surface area contributed by atoms with Gasteiger partial charge in [0.2, 0.25) is 0 Å². The summed E-state index contributed by atoms with van der Waals surface area (Å²) in [6.45, 7) is 2.57. The van der Waals surface area contributed by atoms with Gasteiger partial charge in [-0.3, -0.25) is 10.1 Å². The van der Waals surface area contributed by atoms with Gasteiger partial charge in [0.15, 0.2) is 5.11 Å². The second kappa shape index (κ2) is 6.52. The first kappa shape index (κ1) is 14.5. The van der Waals surface area contributed by atoms with Crippen LogP contribution in [0.4, 0.5) is 0 Å². The molecule has 0 unspecified atom stereocenters. The molecule has 1 aromatic rings. The molecule has 0 bridgehead atoms. The van der Waals surface area contributed by atoms with Crippen LogP contribution in [0.15, 0.2) is 18.2 Å². The van der Waals surface area contributed by atoms with Gasteiger partial charge in [-0.05, 0) is 30.4 Å². The van der Waals surface area contributed by atoms with Gasteiger partial charge in [0.1, 0.15) is 0 Å². The number of carbonyl (C=O) groups is 1. The highest BCUT2D eigenvalue weighted by atomic mass is 35.5. The maximum Gasteiger partial charge on any atom is 0.257 e. The molecule has 19 heavy (non-hydrogen) atoms. The SMILES string of the molecule is O=C(NC(=S)N1CCOCC1)c1cc(Cl)cc(Cl)c1. The van der Waals surface area contributed by atoms with E-state index in [1.807, 2.05) is 4.90 Å². The van der Waals surface area contributed by atoms with E-state index in [1.54, 1.807) is 18.2 Å². The van der Waals surface area contributed by atoms with Gasteiger partial charge in [-0.15, -0.1) is 0 Å². The Morgan fingerprint density at radius 1 is 1.21 bits per heavy atom. The third-order valence-corrected chi connectivity index (χ3v) is 3.44. The molecule has 7 heteroatoms. The summed E-state index contributed by atoms with van der Waals surface area (Å²) in [7, 11) is 0. The van der Waals surface area contributed by atoms with E-state index in [2.05, 4.69) is 5.32 Å². The number of morpholine rings is 1. The van der Waals surface area contributed by atoms with E-state index in [9.17, 15) is 4.79 Å². The molecule has 1 aromatic carbocycles. The second-order valence-corrected chi connectivity index (χ2v) is 5.28. The number of benzene rings is 1. The Kier molecular flexibility index (Phi) is 4.99. The maximum atomic E-state index is 12.0. The van der Waals surface area contributed by atoms with Crippen molar-refractivity contribution in [2.45, 2.75) is 0 Å². The summed E-state index contributed by atoms with van der Waals surface area (Å²) in [6, 6.07) is 4.66. The highest BCUT2D eigenvalue weighted by Gasteiger charge is 2.16. The van der Waals surface area contributed by atoms with Crippen molar-refractivity contribution in [1.29, 1.82) is 0 Å². The number of thiocarbonyl (C=S) groups is 1. The van der Waals surface area contributed by atoms with Gasteiger partial charge in [0, 0.05) is 28.7 Å². The molecular weight excluding hydrogens is 307 g/mol. The van der Waals surface area contributed by atoms with Crippen molar-refractivity contribution in [3.05, 3.63) is 33.8 Å². The normalized spacial score (nSPS) is 15.2. The van der Waals surface area contributed by atoms with Gasteiger partial charge in [0.25, 0.3) is 5.91 Å². The topological polar surface area (TPSA) is 41.6 Å².